The van der Waals surface area contributed by atoms with Crippen LogP contribution in [0.1, 0.15) is 15.2 Å². The van der Waals surface area contributed by atoms with Crippen molar-refractivity contribution in [1.82, 2.24) is 4.90 Å². The molecule has 21 heavy (non-hydrogen) atoms. The summed E-state index contributed by atoms with van der Waals surface area (Å²) in [5.74, 6) is -0.0298. The van der Waals surface area contributed by atoms with E-state index >= 15 is 0 Å². The summed E-state index contributed by atoms with van der Waals surface area (Å²) in [6.45, 7) is 1.64. The fourth-order valence-electron chi connectivity index (χ4n) is 1.86. The minimum absolute atomic E-state index is 0.0298. The van der Waals surface area contributed by atoms with Crippen LogP contribution in [0.2, 0.25) is 5.02 Å². The van der Waals surface area contributed by atoms with Crippen molar-refractivity contribution in [3.63, 3.8) is 0 Å². The lowest BCUT2D eigenvalue weighted by molar-refractivity contribution is 0.0682. The maximum atomic E-state index is 12.7. The monoisotopic (exact) mass is 387 g/mol. The molecule has 6 heteroatoms. The van der Waals surface area contributed by atoms with Crippen LogP contribution in [0.15, 0.2) is 40.2 Å². The smallest absolute Gasteiger partial charge is 0.254 e. The van der Waals surface area contributed by atoms with Crippen molar-refractivity contribution >= 4 is 44.8 Å². The second-order valence-electron chi connectivity index (χ2n) is 4.43. The van der Waals surface area contributed by atoms with E-state index in [4.69, 9.17) is 16.3 Å². The molecule has 0 atom stereocenters. The van der Waals surface area contributed by atoms with E-state index in [9.17, 15) is 4.79 Å². The maximum absolute atomic E-state index is 12.7. The van der Waals surface area contributed by atoms with Gasteiger partial charge in [0.15, 0.2) is 0 Å². The van der Waals surface area contributed by atoms with Gasteiger partial charge in [0.25, 0.3) is 5.91 Å². The van der Waals surface area contributed by atoms with Crippen molar-refractivity contribution in [1.29, 1.82) is 0 Å². The summed E-state index contributed by atoms with van der Waals surface area (Å²) < 4.78 is 5.82. The summed E-state index contributed by atoms with van der Waals surface area (Å²) in [7, 11) is 1.63. The maximum Gasteiger partial charge on any atom is 0.254 e. The van der Waals surface area contributed by atoms with Crippen LogP contribution < -0.4 is 0 Å². The lowest BCUT2D eigenvalue weighted by Crippen LogP contribution is -2.33. The molecule has 1 aromatic heterocycles. The fourth-order valence-corrected chi connectivity index (χ4v) is 3.07. The topological polar surface area (TPSA) is 29.5 Å². The molecule has 0 aliphatic rings. The Kier molecular flexibility index (Phi) is 6.23. The molecular weight excluding hydrogens is 374 g/mol. The Labute approximate surface area is 141 Å². The zero-order valence-electron chi connectivity index (χ0n) is 11.5. The number of amides is 1. The molecule has 0 aliphatic carbocycles. The highest BCUT2D eigenvalue weighted by atomic mass is 79.9. The lowest BCUT2D eigenvalue weighted by Gasteiger charge is -2.22. The molecule has 0 radical (unpaired) electrons. The van der Waals surface area contributed by atoms with Crippen LogP contribution in [-0.2, 0) is 11.3 Å². The molecule has 0 fully saturated rings. The fraction of sp³-hybridized carbons (Fsp3) is 0.267. The van der Waals surface area contributed by atoms with Gasteiger partial charge in [0.1, 0.15) is 0 Å². The van der Waals surface area contributed by atoms with E-state index in [1.54, 1.807) is 41.5 Å². The van der Waals surface area contributed by atoms with Gasteiger partial charge < -0.3 is 9.64 Å². The Morgan fingerprint density at radius 3 is 2.86 bits per heavy atom. The number of ether oxygens (including phenoxy) is 1. The second-order valence-corrected chi connectivity index (χ2v) is 6.72. The normalized spacial score (nSPS) is 10.6. The third-order valence-electron chi connectivity index (χ3n) is 2.95. The molecule has 0 unspecified atom stereocenters. The molecule has 112 valence electrons. The highest BCUT2D eigenvalue weighted by Crippen LogP contribution is 2.24. The van der Waals surface area contributed by atoms with Crippen LogP contribution >= 0.6 is 38.9 Å². The number of nitrogens with zero attached hydrogens (tertiary/aromatic N) is 1. The zero-order valence-corrected chi connectivity index (χ0v) is 14.7. The molecule has 0 aliphatic heterocycles. The minimum atomic E-state index is -0.0298. The van der Waals surface area contributed by atoms with Gasteiger partial charge in [-0.05, 0) is 45.6 Å². The van der Waals surface area contributed by atoms with E-state index in [0.29, 0.717) is 30.3 Å². The van der Waals surface area contributed by atoms with Gasteiger partial charge in [-0.15, -0.1) is 11.3 Å². The summed E-state index contributed by atoms with van der Waals surface area (Å²) in [5.41, 5.74) is 0.610. The first kappa shape index (κ1) is 16.5. The molecule has 0 saturated carbocycles. The van der Waals surface area contributed by atoms with Gasteiger partial charge in [-0.3, -0.25) is 4.79 Å². The van der Waals surface area contributed by atoms with Crippen molar-refractivity contribution in [2.45, 2.75) is 6.54 Å². The molecule has 3 nitrogen and oxygen atoms in total. The number of carbonyl (C=O) groups is 1. The predicted molar refractivity (Wildman–Crippen MR) is 90.1 cm³/mol. The number of halogens is 2. The third kappa shape index (κ3) is 4.54. The van der Waals surface area contributed by atoms with E-state index in [2.05, 4.69) is 15.9 Å². The largest absolute Gasteiger partial charge is 0.383 e. The molecule has 0 bridgehead atoms. The molecule has 0 saturated heterocycles. The Morgan fingerprint density at radius 2 is 2.24 bits per heavy atom. The number of hydrogen-bond donors (Lipinski definition) is 0. The molecule has 0 N–H and O–H groups in total. The summed E-state index contributed by atoms with van der Waals surface area (Å²) >= 11 is 11.0. The quantitative estimate of drug-likeness (QED) is 0.731. The van der Waals surface area contributed by atoms with Gasteiger partial charge in [-0.25, -0.2) is 0 Å². The van der Waals surface area contributed by atoms with Crippen molar-refractivity contribution < 1.29 is 9.53 Å². The van der Waals surface area contributed by atoms with E-state index in [1.807, 2.05) is 17.5 Å². The van der Waals surface area contributed by atoms with Crippen molar-refractivity contribution in [3.8, 4) is 0 Å². The van der Waals surface area contributed by atoms with Gasteiger partial charge in [-0.2, -0.15) is 0 Å². The summed E-state index contributed by atoms with van der Waals surface area (Å²) in [5, 5.41) is 2.60. The molecular formula is C15H15BrClNO2S. The Hall–Kier alpha value is -0.880. The first-order valence-corrected chi connectivity index (χ1v) is 8.42. The standard InChI is InChI=1S/C15H15BrClNO2S/c1-20-7-6-18(10-12-3-2-8-21-12)15(19)11-4-5-14(17)13(16)9-11/h2-5,8-9H,6-7,10H2,1H3. The van der Waals surface area contributed by atoms with Gasteiger partial charge >= 0.3 is 0 Å². The van der Waals surface area contributed by atoms with Crippen LogP contribution in [0.25, 0.3) is 0 Å². The van der Waals surface area contributed by atoms with Crippen LogP contribution in [0.5, 0.6) is 0 Å². The Bertz CT molecular complexity index is 604. The SMILES string of the molecule is COCCN(Cc1cccs1)C(=O)c1ccc(Cl)c(Br)c1. The average Bonchev–Trinajstić information content (AvgIpc) is 2.98. The average molecular weight is 389 g/mol. The van der Waals surface area contributed by atoms with E-state index in [-0.39, 0.29) is 5.91 Å². The van der Waals surface area contributed by atoms with Crippen LogP contribution in [0.3, 0.4) is 0 Å². The molecule has 1 heterocycles. The number of methoxy groups -OCH3 is 1. The second kappa shape index (κ2) is 7.94. The summed E-state index contributed by atoms with van der Waals surface area (Å²) in [6, 6.07) is 9.22. The van der Waals surface area contributed by atoms with Gasteiger partial charge in [0, 0.05) is 28.6 Å². The van der Waals surface area contributed by atoms with Crippen molar-refractivity contribution in [2.75, 3.05) is 20.3 Å². The van der Waals surface area contributed by atoms with Crippen LogP contribution in [0, 0.1) is 0 Å². The number of benzene rings is 1. The van der Waals surface area contributed by atoms with Crippen LogP contribution in [-0.4, -0.2) is 31.1 Å². The molecule has 1 aromatic carbocycles. The number of rotatable bonds is 6. The number of carbonyl (C=O) groups excluding carboxylic acids is 1. The van der Waals surface area contributed by atoms with E-state index < -0.39 is 0 Å². The molecule has 1 amide bonds. The van der Waals surface area contributed by atoms with Crippen molar-refractivity contribution in [3.05, 3.63) is 55.6 Å². The van der Waals surface area contributed by atoms with Gasteiger partial charge in [0.05, 0.1) is 18.2 Å². The summed E-state index contributed by atoms with van der Waals surface area (Å²) in [6.07, 6.45) is 0. The molecule has 2 rings (SSSR count). The first-order chi connectivity index (χ1) is 10.1. The Balaban J connectivity index is 2.18. The van der Waals surface area contributed by atoms with Gasteiger partial charge in [0.2, 0.25) is 0 Å². The molecule has 2 aromatic rings. The van der Waals surface area contributed by atoms with Crippen molar-refractivity contribution in [2.24, 2.45) is 0 Å². The van der Waals surface area contributed by atoms with Crippen LogP contribution in [0.4, 0.5) is 0 Å². The summed E-state index contributed by atoms with van der Waals surface area (Å²) in [4.78, 5) is 15.6. The third-order valence-corrected chi connectivity index (χ3v) is 5.02. The van der Waals surface area contributed by atoms with E-state index in [0.717, 1.165) is 9.35 Å². The first-order valence-electron chi connectivity index (χ1n) is 6.37. The molecule has 0 spiro atoms. The predicted octanol–water partition coefficient (Wildman–Crippen LogP) is 4.45. The lowest BCUT2D eigenvalue weighted by atomic mass is 10.2. The minimum Gasteiger partial charge on any atom is -0.383 e. The highest BCUT2D eigenvalue weighted by molar-refractivity contribution is 9.10. The zero-order chi connectivity index (χ0) is 15.2. The Morgan fingerprint density at radius 1 is 1.43 bits per heavy atom. The number of hydrogen-bond acceptors (Lipinski definition) is 3. The highest BCUT2D eigenvalue weighted by Gasteiger charge is 2.17. The van der Waals surface area contributed by atoms with E-state index in [1.165, 1.54) is 0 Å². The number of thiophene rings is 1. The van der Waals surface area contributed by atoms with Gasteiger partial charge in [-0.1, -0.05) is 17.7 Å².